The predicted octanol–water partition coefficient (Wildman–Crippen LogP) is 0.350. The van der Waals surface area contributed by atoms with Crippen LogP contribution < -0.4 is 0 Å². The molecule has 0 aromatic rings. The summed E-state index contributed by atoms with van der Waals surface area (Å²) in [7, 11) is 1.35. The Balaban J connectivity index is 1.98. The van der Waals surface area contributed by atoms with E-state index in [2.05, 4.69) is 0 Å². The minimum absolute atomic E-state index is 0.00671. The Bertz CT molecular complexity index is 444. The number of hydrogen-bond donors (Lipinski definition) is 0. The molecule has 0 aromatic heterocycles. The SMILES string of the molecule is COC(=O)[C@@H]1[C@H]2C(=O)N(C(C)C)C[C@]23C=C[C@H]1O3. The molecule has 3 aliphatic heterocycles. The predicted molar refractivity (Wildman–Crippen MR) is 62.6 cm³/mol. The smallest absolute Gasteiger partial charge is 0.312 e. The Morgan fingerprint density at radius 2 is 2.33 bits per heavy atom. The van der Waals surface area contributed by atoms with Gasteiger partial charge in [-0.1, -0.05) is 12.2 Å². The van der Waals surface area contributed by atoms with Gasteiger partial charge >= 0.3 is 5.97 Å². The molecule has 0 aliphatic carbocycles. The van der Waals surface area contributed by atoms with E-state index < -0.39 is 17.4 Å². The number of nitrogens with zero attached hydrogens (tertiary/aromatic N) is 1. The molecule has 2 bridgehead atoms. The van der Waals surface area contributed by atoms with Crippen LogP contribution in [0.5, 0.6) is 0 Å². The molecule has 2 saturated heterocycles. The van der Waals surface area contributed by atoms with Crippen molar-refractivity contribution in [2.24, 2.45) is 11.8 Å². The molecule has 5 nitrogen and oxygen atoms in total. The number of hydrogen-bond acceptors (Lipinski definition) is 4. The molecule has 0 unspecified atom stereocenters. The molecule has 3 aliphatic rings. The van der Waals surface area contributed by atoms with Gasteiger partial charge in [0.05, 0.1) is 25.7 Å². The van der Waals surface area contributed by atoms with E-state index in [1.54, 1.807) is 4.90 Å². The first-order chi connectivity index (χ1) is 8.50. The van der Waals surface area contributed by atoms with Gasteiger partial charge < -0.3 is 14.4 Å². The Hall–Kier alpha value is -1.36. The van der Waals surface area contributed by atoms with Crippen LogP contribution in [-0.4, -0.2) is 48.2 Å². The maximum atomic E-state index is 12.4. The summed E-state index contributed by atoms with van der Waals surface area (Å²) in [6.45, 7) is 4.48. The lowest BCUT2D eigenvalue weighted by molar-refractivity contribution is -0.151. The minimum atomic E-state index is -0.606. The molecular weight excluding hydrogens is 234 g/mol. The fourth-order valence-corrected chi connectivity index (χ4v) is 3.37. The van der Waals surface area contributed by atoms with Gasteiger partial charge in [0, 0.05) is 6.04 Å². The number of carbonyl (C=O) groups excluding carboxylic acids is 2. The van der Waals surface area contributed by atoms with Gasteiger partial charge in [-0.15, -0.1) is 0 Å². The van der Waals surface area contributed by atoms with E-state index in [0.717, 1.165) is 0 Å². The van der Waals surface area contributed by atoms with Gasteiger partial charge in [-0.25, -0.2) is 0 Å². The molecule has 3 rings (SSSR count). The van der Waals surface area contributed by atoms with Crippen molar-refractivity contribution in [2.45, 2.75) is 31.6 Å². The Morgan fingerprint density at radius 1 is 1.61 bits per heavy atom. The van der Waals surface area contributed by atoms with Gasteiger partial charge in [-0.3, -0.25) is 9.59 Å². The first-order valence-corrected chi connectivity index (χ1v) is 6.25. The van der Waals surface area contributed by atoms with Crippen molar-refractivity contribution in [3.8, 4) is 0 Å². The average molecular weight is 251 g/mol. The second-order valence-electron chi connectivity index (χ2n) is 5.48. The van der Waals surface area contributed by atoms with E-state index in [4.69, 9.17) is 9.47 Å². The van der Waals surface area contributed by atoms with Gasteiger partial charge in [-0.05, 0) is 13.8 Å². The van der Waals surface area contributed by atoms with Crippen molar-refractivity contribution >= 4 is 11.9 Å². The number of ether oxygens (including phenoxy) is 2. The summed E-state index contributed by atoms with van der Waals surface area (Å²) in [4.78, 5) is 26.1. The molecule has 1 amide bonds. The summed E-state index contributed by atoms with van der Waals surface area (Å²) in [5.41, 5.74) is -0.606. The van der Waals surface area contributed by atoms with E-state index in [1.807, 2.05) is 26.0 Å². The molecule has 0 aromatic carbocycles. The van der Waals surface area contributed by atoms with Gasteiger partial charge in [0.25, 0.3) is 0 Å². The molecule has 5 heteroatoms. The van der Waals surface area contributed by atoms with E-state index in [9.17, 15) is 9.59 Å². The van der Waals surface area contributed by atoms with Crippen LogP contribution in [0.3, 0.4) is 0 Å². The topological polar surface area (TPSA) is 55.8 Å². The number of likely N-dealkylation sites (tertiary alicyclic amines) is 1. The number of rotatable bonds is 2. The number of amides is 1. The first-order valence-electron chi connectivity index (χ1n) is 6.25. The largest absolute Gasteiger partial charge is 0.469 e. The molecule has 2 fully saturated rings. The van der Waals surface area contributed by atoms with E-state index in [0.29, 0.717) is 6.54 Å². The van der Waals surface area contributed by atoms with Crippen LogP contribution in [0.1, 0.15) is 13.8 Å². The van der Waals surface area contributed by atoms with Gasteiger partial charge in [0.1, 0.15) is 11.5 Å². The van der Waals surface area contributed by atoms with Crippen LogP contribution in [0.15, 0.2) is 12.2 Å². The second kappa shape index (κ2) is 3.57. The van der Waals surface area contributed by atoms with Crippen molar-refractivity contribution in [2.75, 3.05) is 13.7 Å². The van der Waals surface area contributed by atoms with Crippen LogP contribution in [0.2, 0.25) is 0 Å². The third-order valence-corrected chi connectivity index (χ3v) is 4.23. The zero-order valence-corrected chi connectivity index (χ0v) is 10.8. The monoisotopic (exact) mass is 251 g/mol. The highest BCUT2D eigenvalue weighted by Crippen LogP contribution is 2.52. The molecule has 0 saturated carbocycles. The molecule has 1 spiro atoms. The van der Waals surface area contributed by atoms with E-state index in [1.165, 1.54) is 7.11 Å². The molecule has 3 heterocycles. The standard InChI is InChI=1S/C13H17NO4/c1-7(2)14-6-13-5-4-8(18-13)9(12(16)17-3)10(13)11(14)15/h4-5,7-10H,6H2,1-3H3/t8-,9+,10+,13-/m1/s1. The molecule has 0 radical (unpaired) electrons. The summed E-state index contributed by atoms with van der Waals surface area (Å²) in [5, 5.41) is 0. The summed E-state index contributed by atoms with van der Waals surface area (Å²) >= 11 is 0. The zero-order valence-electron chi connectivity index (χ0n) is 10.8. The zero-order chi connectivity index (χ0) is 13.1. The van der Waals surface area contributed by atoms with Gasteiger partial charge in [-0.2, -0.15) is 0 Å². The van der Waals surface area contributed by atoms with Gasteiger partial charge in [0.2, 0.25) is 5.91 Å². The number of carbonyl (C=O) groups is 2. The average Bonchev–Trinajstić information content (AvgIpc) is 2.96. The molecule has 0 N–H and O–H groups in total. The molecular formula is C13H17NO4. The van der Waals surface area contributed by atoms with Crippen LogP contribution in [-0.2, 0) is 19.1 Å². The van der Waals surface area contributed by atoms with Crippen LogP contribution >= 0.6 is 0 Å². The highest BCUT2D eigenvalue weighted by atomic mass is 16.5. The molecule has 18 heavy (non-hydrogen) atoms. The molecule has 98 valence electrons. The quantitative estimate of drug-likeness (QED) is 0.525. The second-order valence-corrected chi connectivity index (χ2v) is 5.48. The van der Waals surface area contributed by atoms with Crippen molar-refractivity contribution < 1.29 is 19.1 Å². The summed E-state index contributed by atoms with van der Waals surface area (Å²) in [6, 6.07) is 0.117. The Kier molecular flexibility index (Phi) is 2.32. The summed E-state index contributed by atoms with van der Waals surface area (Å²) < 4.78 is 10.7. The van der Waals surface area contributed by atoms with Crippen LogP contribution in [0, 0.1) is 11.8 Å². The van der Waals surface area contributed by atoms with Gasteiger partial charge in [0.15, 0.2) is 0 Å². The van der Waals surface area contributed by atoms with E-state index >= 15 is 0 Å². The minimum Gasteiger partial charge on any atom is -0.469 e. The van der Waals surface area contributed by atoms with Crippen LogP contribution in [0.25, 0.3) is 0 Å². The maximum absolute atomic E-state index is 12.4. The first kappa shape index (κ1) is 11.7. The fourth-order valence-electron chi connectivity index (χ4n) is 3.37. The number of esters is 1. The lowest BCUT2D eigenvalue weighted by Crippen LogP contribution is -2.40. The highest BCUT2D eigenvalue weighted by molar-refractivity contribution is 5.91. The lowest BCUT2D eigenvalue weighted by atomic mass is 9.77. The molecule has 4 atom stereocenters. The third-order valence-electron chi connectivity index (χ3n) is 4.23. The number of fused-ring (bicyclic) bond motifs is 1. The van der Waals surface area contributed by atoms with Crippen molar-refractivity contribution in [1.82, 2.24) is 4.90 Å². The lowest BCUT2D eigenvalue weighted by Gasteiger charge is -2.24. The van der Waals surface area contributed by atoms with Crippen molar-refractivity contribution in [3.63, 3.8) is 0 Å². The normalized spacial score (nSPS) is 40.8. The van der Waals surface area contributed by atoms with Crippen LogP contribution in [0.4, 0.5) is 0 Å². The summed E-state index contributed by atoms with van der Waals surface area (Å²) in [6.07, 6.45) is 3.53. The fraction of sp³-hybridized carbons (Fsp3) is 0.692. The summed E-state index contributed by atoms with van der Waals surface area (Å²) in [5.74, 6) is -1.25. The van der Waals surface area contributed by atoms with Crippen molar-refractivity contribution in [1.29, 1.82) is 0 Å². The van der Waals surface area contributed by atoms with Crippen molar-refractivity contribution in [3.05, 3.63) is 12.2 Å². The Labute approximate surface area is 106 Å². The van der Waals surface area contributed by atoms with E-state index in [-0.39, 0.29) is 24.0 Å². The maximum Gasteiger partial charge on any atom is 0.312 e. The Morgan fingerprint density at radius 3 is 2.94 bits per heavy atom. The number of methoxy groups -OCH3 is 1. The highest BCUT2D eigenvalue weighted by Gasteiger charge is 2.67. The third kappa shape index (κ3) is 1.25.